The molecule has 0 saturated heterocycles. The minimum absolute atomic E-state index is 0.391. The smallest absolute Gasteiger partial charge is 0.334 e. The van der Waals surface area contributed by atoms with E-state index in [0.29, 0.717) is 24.0 Å². The molecule has 0 aliphatic rings. The van der Waals surface area contributed by atoms with Crippen LogP contribution >= 0.6 is 0 Å². The van der Waals surface area contributed by atoms with E-state index in [9.17, 15) is 9.59 Å². The number of ether oxygens (including phenoxy) is 2. The van der Waals surface area contributed by atoms with E-state index >= 15 is 0 Å². The first-order valence-electron chi connectivity index (χ1n) is 4.50. The number of rotatable bonds is 4. The molecule has 0 fully saturated rings. The van der Waals surface area contributed by atoms with Crippen molar-refractivity contribution in [2.24, 2.45) is 0 Å². The van der Waals surface area contributed by atoms with E-state index in [1.807, 2.05) is 0 Å². The fraction of sp³-hybridized carbons (Fsp3) is 0.600. The van der Waals surface area contributed by atoms with Gasteiger partial charge in [0.25, 0.3) is 0 Å². The summed E-state index contributed by atoms with van der Waals surface area (Å²) in [5.41, 5.74) is 0.781. The van der Waals surface area contributed by atoms with Crippen molar-refractivity contribution >= 4 is 11.9 Å². The van der Waals surface area contributed by atoms with Gasteiger partial charge in [-0.2, -0.15) is 0 Å². The van der Waals surface area contributed by atoms with Gasteiger partial charge in [-0.1, -0.05) is 13.8 Å². The molecule has 0 aliphatic heterocycles. The van der Waals surface area contributed by atoms with Gasteiger partial charge in [0, 0.05) is 11.1 Å². The summed E-state index contributed by atoms with van der Waals surface area (Å²) in [5, 5.41) is 0. The van der Waals surface area contributed by atoms with E-state index in [1.54, 1.807) is 13.8 Å². The van der Waals surface area contributed by atoms with Crippen molar-refractivity contribution in [3.63, 3.8) is 0 Å². The minimum Gasteiger partial charge on any atom is -0.466 e. The van der Waals surface area contributed by atoms with E-state index in [1.165, 1.54) is 14.2 Å². The van der Waals surface area contributed by atoms with Gasteiger partial charge in [-0.05, 0) is 12.8 Å². The van der Waals surface area contributed by atoms with Crippen molar-refractivity contribution in [1.29, 1.82) is 0 Å². The van der Waals surface area contributed by atoms with E-state index in [4.69, 9.17) is 0 Å². The highest BCUT2D eigenvalue weighted by molar-refractivity contribution is 6.00. The highest BCUT2D eigenvalue weighted by Crippen LogP contribution is 2.15. The summed E-state index contributed by atoms with van der Waals surface area (Å²) in [5.74, 6) is -0.926. The van der Waals surface area contributed by atoms with Crippen LogP contribution in [-0.2, 0) is 19.1 Å². The second-order valence-corrected chi connectivity index (χ2v) is 2.65. The van der Waals surface area contributed by atoms with Gasteiger partial charge in [-0.3, -0.25) is 0 Å². The molecule has 0 aromatic heterocycles. The lowest BCUT2D eigenvalue weighted by atomic mass is 10.0. The molecule has 0 aliphatic carbocycles. The molecular formula is C10H16O4. The van der Waals surface area contributed by atoms with Gasteiger partial charge in [0.15, 0.2) is 0 Å². The van der Waals surface area contributed by atoms with E-state index in [0.717, 1.165) is 0 Å². The van der Waals surface area contributed by atoms with Crippen LogP contribution in [0.1, 0.15) is 26.7 Å². The third-order valence-corrected chi connectivity index (χ3v) is 1.93. The van der Waals surface area contributed by atoms with E-state index < -0.39 is 11.9 Å². The van der Waals surface area contributed by atoms with Crippen LogP contribution in [-0.4, -0.2) is 26.2 Å². The lowest BCUT2D eigenvalue weighted by Crippen LogP contribution is -2.13. The molecule has 0 radical (unpaired) electrons. The molecule has 0 aromatic carbocycles. The summed E-state index contributed by atoms with van der Waals surface area (Å²) < 4.78 is 9.15. The monoisotopic (exact) mass is 200 g/mol. The number of esters is 2. The highest BCUT2D eigenvalue weighted by Gasteiger charge is 2.18. The van der Waals surface area contributed by atoms with Crippen molar-refractivity contribution in [2.75, 3.05) is 14.2 Å². The lowest BCUT2D eigenvalue weighted by Gasteiger charge is -2.08. The molecule has 4 nitrogen and oxygen atoms in total. The Bertz CT molecular complexity index is 227. The van der Waals surface area contributed by atoms with Crippen molar-refractivity contribution in [3.05, 3.63) is 11.1 Å². The first-order chi connectivity index (χ1) is 6.62. The van der Waals surface area contributed by atoms with Crippen molar-refractivity contribution < 1.29 is 19.1 Å². The fourth-order valence-corrected chi connectivity index (χ4v) is 1.21. The zero-order chi connectivity index (χ0) is 11.1. The summed E-state index contributed by atoms with van der Waals surface area (Å²) >= 11 is 0. The second kappa shape index (κ2) is 6.18. The summed E-state index contributed by atoms with van der Waals surface area (Å²) in [7, 11) is 2.59. The molecule has 0 saturated carbocycles. The van der Waals surface area contributed by atoms with Crippen LogP contribution in [0.25, 0.3) is 0 Å². The van der Waals surface area contributed by atoms with Crippen LogP contribution in [0.15, 0.2) is 11.1 Å². The highest BCUT2D eigenvalue weighted by atomic mass is 16.5. The third kappa shape index (κ3) is 2.87. The Hall–Kier alpha value is -1.32. The van der Waals surface area contributed by atoms with Crippen LogP contribution < -0.4 is 0 Å². The van der Waals surface area contributed by atoms with Gasteiger partial charge in [0.1, 0.15) is 0 Å². The van der Waals surface area contributed by atoms with Crippen LogP contribution in [0.4, 0.5) is 0 Å². The largest absolute Gasteiger partial charge is 0.466 e. The molecule has 0 unspecified atom stereocenters. The van der Waals surface area contributed by atoms with Crippen LogP contribution in [0.5, 0.6) is 0 Å². The number of methoxy groups -OCH3 is 2. The molecule has 0 atom stereocenters. The van der Waals surface area contributed by atoms with Crippen LogP contribution in [0, 0.1) is 0 Å². The maximum Gasteiger partial charge on any atom is 0.334 e. The molecule has 0 rings (SSSR count). The maximum atomic E-state index is 11.3. The quantitative estimate of drug-likeness (QED) is 0.509. The Kier molecular flexibility index (Phi) is 5.60. The standard InChI is InChI=1S/C10H16O4/c1-5-7(9(11)13-3)8(6-2)10(12)14-4/h5-6H2,1-4H3/b8-7-. The topological polar surface area (TPSA) is 52.6 Å². The lowest BCUT2D eigenvalue weighted by molar-refractivity contribution is -0.139. The number of hydrogen-bond donors (Lipinski definition) is 0. The number of hydrogen-bond acceptors (Lipinski definition) is 4. The van der Waals surface area contributed by atoms with Gasteiger partial charge in [0.05, 0.1) is 14.2 Å². The molecular weight excluding hydrogens is 184 g/mol. The van der Waals surface area contributed by atoms with Gasteiger partial charge in [-0.25, -0.2) is 9.59 Å². The summed E-state index contributed by atoms with van der Waals surface area (Å²) in [4.78, 5) is 22.6. The van der Waals surface area contributed by atoms with E-state index in [-0.39, 0.29) is 0 Å². The number of carbonyl (C=O) groups is 2. The Morgan fingerprint density at radius 3 is 1.29 bits per heavy atom. The van der Waals surface area contributed by atoms with Crippen molar-refractivity contribution in [1.82, 2.24) is 0 Å². The van der Waals surface area contributed by atoms with Crippen LogP contribution in [0.2, 0.25) is 0 Å². The normalized spacial score (nSPS) is 11.7. The zero-order valence-corrected chi connectivity index (χ0v) is 9.05. The van der Waals surface area contributed by atoms with Crippen LogP contribution in [0.3, 0.4) is 0 Å². The summed E-state index contributed by atoms with van der Waals surface area (Å²) in [6.07, 6.45) is 0.926. The molecule has 0 bridgehead atoms. The van der Waals surface area contributed by atoms with Gasteiger partial charge < -0.3 is 9.47 Å². The summed E-state index contributed by atoms with van der Waals surface area (Å²) in [6.45, 7) is 3.59. The molecule has 0 N–H and O–H groups in total. The predicted molar refractivity (Wildman–Crippen MR) is 51.6 cm³/mol. The van der Waals surface area contributed by atoms with Gasteiger partial charge >= 0.3 is 11.9 Å². The molecule has 80 valence electrons. The second-order valence-electron chi connectivity index (χ2n) is 2.65. The van der Waals surface area contributed by atoms with Crippen molar-refractivity contribution in [3.8, 4) is 0 Å². The van der Waals surface area contributed by atoms with Crippen molar-refractivity contribution in [2.45, 2.75) is 26.7 Å². The molecule has 4 heteroatoms. The van der Waals surface area contributed by atoms with E-state index in [2.05, 4.69) is 9.47 Å². The maximum absolute atomic E-state index is 11.3. The Labute approximate surface area is 83.9 Å². The average Bonchev–Trinajstić information content (AvgIpc) is 2.23. The zero-order valence-electron chi connectivity index (χ0n) is 9.05. The summed E-state index contributed by atoms with van der Waals surface area (Å²) in [6, 6.07) is 0. The van der Waals surface area contributed by atoms with Gasteiger partial charge in [0.2, 0.25) is 0 Å². The van der Waals surface area contributed by atoms with Gasteiger partial charge in [-0.15, -0.1) is 0 Å². The first-order valence-corrected chi connectivity index (χ1v) is 4.50. The molecule has 14 heavy (non-hydrogen) atoms. The third-order valence-electron chi connectivity index (χ3n) is 1.93. The Morgan fingerprint density at radius 2 is 1.14 bits per heavy atom. The Morgan fingerprint density at radius 1 is 0.857 bits per heavy atom. The SMILES string of the molecule is CC/C(C(=O)OC)=C(\CC)C(=O)OC. The molecule has 0 aromatic rings. The molecule has 0 amide bonds. The number of carbonyl (C=O) groups excluding carboxylic acids is 2. The minimum atomic E-state index is -0.463. The first kappa shape index (κ1) is 12.7. The predicted octanol–water partition coefficient (Wildman–Crippen LogP) is 1.45. The average molecular weight is 200 g/mol. The fourth-order valence-electron chi connectivity index (χ4n) is 1.21. The Balaban J connectivity index is 5.11. The molecule has 0 heterocycles. The molecule has 0 spiro atoms.